The van der Waals surface area contributed by atoms with E-state index in [1.807, 2.05) is 42.2 Å². The average Bonchev–Trinajstić information content (AvgIpc) is 2.83. The van der Waals surface area contributed by atoms with Gasteiger partial charge in [-0.3, -0.25) is 9.78 Å². The van der Waals surface area contributed by atoms with Gasteiger partial charge in [-0.1, -0.05) is 0 Å². The molecule has 0 spiro atoms. The molecule has 4 rings (SSSR count). The number of pyridine rings is 2. The third-order valence-corrected chi connectivity index (χ3v) is 5.47. The van der Waals surface area contributed by atoms with E-state index in [1.165, 1.54) is 0 Å². The molecule has 0 radical (unpaired) electrons. The van der Waals surface area contributed by atoms with Crippen molar-refractivity contribution in [3.05, 3.63) is 60.3 Å². The number of carbonyl (C=O) groups is 1. The number of amides is 1. The highest BCUT2D eigenvalue weighted by atomic mass is 16.5. The molecule has 8 nitrogen and oxygen atoms in total. The lowest BCUT2D eigenvalue weighted by Crippen LogP contribution is -2.39. The molecule has 3 aromatic rings. The van der Waals surface area contributed by atoms with Crippen molar-refractivity contribution >= 4 is 11.9 Å². The van der Waals surface area contributed by atoms with Crippen molar-refractivity contribution < 1.29 is 9.53 Å². The first-order chi connectivity index (χ1) is 15.1. The molecular weight excluding hydrogens is 392 g/mol. The van der Waals surface area contributed by atoms with E-state index in [1.54, 1.807) is 37.8 Å². The summed E-state index contributed by atoms with van der Waals surface area (Å²) in [7, 11) is 5.39. The van der Waals surface area contributed by atoms with Gasteiger partial charge in [0.15, 0.2) is 0 Å². The van der Waals surface area contributed by atoms with Crippen LogP contribution in [-0.4, -0.2) is 58.5 Å². The van der Waals surface area contributed by atoms with E-state index in [0.29, 0.717) is 23.9 Å². The Morgan fingerprint density at radius 2 is 1.90 bits per heavy atom. The highest BCUT2D eigenvalue weighted by molar-refractivity contribution is 5.94. The van der Waals surface area contributed by atoms with E-state index < -0.39 is 0 Å². The molecule has 0 aliphatic carbocycles. The monoisotopic (exact) mass is 418 g/mol. The van der Waals surface area contributed by atoms with Gasteiger partial charge in [0.25, 0.3) is 5.91 Å². The third kappa shape index (κ3) is 4.33. The van der Waals surface area contributed by atoms with Gasteiger partial charge in [-0.2, -0.15) is 0 Å². The molecule has 4 heterocycles. The number of carbonyl (C=O) groups excluding carboxylic acids is 1. The van der Waals surface area contributed by atoms with Gasteiger partial charge in [0.1, 0.15) is 0 Å². The fourth-order valence-electron chi connectivity index (χ4n) is 3.86. The van der Waals surface area contributed by atoms with E-state index in [9.17, 15) is 4.79 Å². The van der Waals surface area contributed by atoms with Crippen LogP contribution in [0.25, 0.3) is 11.1 Å². The maximum atomic E-state index is 13.4. The number of hydrogen-bond acceptors (Lipinski definition) is 7. The number of methoxy groups -OCH3 is 1. The zero-order valence-corrected chi connectivity index (χ0v) is 18.0. The van der Waals surface area contributed by atoms with Crippen LogP contribution in [0.4, 0.5) is 5.95 Å². The second-order valence-corrected chi connectivity index (χ2v) is 7.70. The molecule has 0 unspecified atom stereocenters. The SMILES string of the molecule is COc1ccc(C(=O)N2CCCC[C@H]2c2nc(N(C)C)ncc2-c2ccncc2)cn1. The van der Waals surface area contributed by atoms with Crippen molar-refractivity contribution in [1.82, 2.24) is 24.8 Å². The fraction of sp³-hybridized carbons (Fsp3) is 0.348. The molecule has 0 saturated carbocycles. The first-order valence-electron chi connectivity index (χ1n) is 10.3. The molecule has 1 amide bonds. The lowest BCUT2D eigenvalue weighted by atomic mass is 9.93. The van der Waals surface area contributed by atoms with Gasteiger partial charge >= 0.3 is 0 Å². The lowest BCUT2D eigenvalue weighted by molar-refractivity contribution is 0.0606. The van der Waals surface area contributed by atoms with Crippen molar-refractivity contribution in [2.45, 2.75) is 25.3 Å². The third-order valence-electron chi connectivity index (χ3n) is 5.47. The summed E-state index contributed by atoms with van der Waals surface area (Å²) in [6, 6.07) is 7.21. The van der Waals surface area contributed by atoms with Crippen LogP contribution in [0, 0.1) is 0 Å². The molecule has 1 aliphatic rings. The number of ether oxygens (including phenoxy) is 1. The standard InChI is InChI=1S/C23H26N6O2/c1-28(2)23-26-15-18(16-9-11-24-12-10-16)21(27-23)19-6-4-5-13-29(19)22(30)17-7-8-20(31-3)25-14-17/h7-12,14-15,19H,4-6,13H2,1-3H3/t19-/m0/s1. The number of aromatic nitrogens is 4. The smallest absolute Gasteiger partial charge is 0.255 e. The maximum absolute atomic E-state index is 13.4. The number of hydrogen-bond donors (Lipinski definition) is 0. The molecular formula is C23H26N6O2. The number of piperidine rings is 1. The van der Waals surface area contributed by atoms with Crippen LogP contribution in [0.3, 0.4) is 0 Å². The Balaban J connectivity index is 1.76. The summed E-state index contributed by atoms with van der Waals surface area (Å²) in [5.41, 5.74) is 3.31. The Morgan fingerprint density at radius 3 is 2.58 bits per heavy atom. The Hall–Kier alpha value is -3.55. The quantitative estimate of drug-likeness (QED) is 0.628. The second-order valence-electron chi connectivity index (χ2n) is 7.70. The van der Waals surface area contributed by atoms with Gasteiger partial charge in [-0.15, -0.1) is 0 Å². The predicted octanol–water partition coefficient (Wildman–Crippen LogP) is 3.38. The fourth-order valence-corrected chi connectivity index (χ4v) is 3.86. The molecule has 31 heavy (non-hydrogen) atoms. The first kappa shape index (κ1) is 20.7. The van der Waals surface area contributed by atoms with Crippen LogP contribution >= 0.6 is 0 Å². The summed E-state index contributed by atoms with van der Waals surface area (Å²) in [4.78, 5) is 35.0. The Labute approximate surface area is 181 Å². The first-order valence-corrected chi connectivity index (χ1v) is 10.3. The summed E-state index contributed by atoms with van der Waals surface area (Å²) in [6.07, 6.45) is 9.77. The second kappa shape index (κ2) is 9.07. The molecule has 8 heteroatoms. The number of likely N-dealkylation sites (tertiary alicyclic amines) is 1. The molecule has 1 atom stereocenters. The topological polar surface area (TPSA) is 84.3 Å². The Bertz CT molecular complexity index is 1040. The Kier molecular flexibility index (Phi) is 6.06. The van der Waals surface area contributed by atoms with Crippen molar-refractivity contribution in [3.63, 3.8) is 0 Å². The van der Waals surface area contributed by atoms with Gasteiger partial charge in [0.05, 0.1) is 24.4 Å². The largest absolute Gasteiger partial charge is 0.481 e. The van der Waals surface area contributed by atoms with Crippen LogP contribution in [0.1, 0.15) is 41.4 Å². The minimum atomic E-state index is -0.145. The van der Waals surface area contributed by atoms with Crippen molar-refractivity contribution in [1.29, 1.82) is 0 Å². The van der Waals surface area contributed by atoms with Crippen LogP contribution in [0.15, 0.2) is 49.1 Å². The number of anilines is 1. The van der Waals surface area contributed by atoms with Crippen molar-refractivity contribution in [3.8, 4) is 17.0 Å². The minimum absolute atomic E-state index is 0.0504. The van der Waals surface area contributed by atoms with E-state index >= 15 is 0 Å². The molecule has 1 fully saturated rings. The van der Waals surface area contributed by atoms with E-state index in [2.05, 4.69) is 15.0 Å². The van der Waals surface area contributed by atoms with E-state index in [4.69, 9.17) is 9.72 Å². The van der Waals surface area contributed by atoms with Gasteiger partial charge in [-0.05, 0) is 43.0 Å². The molecule has 0 aromatic carbocycles. The summed E-state index contributed by atoms with van der Waals surface area (Å²) >= 11 is 0. The maximum Gasteiger partial charge on any atom is 0.255 e. The average molecular weight is 419 g/mol. The normalized spacial score (nSPS) is 16.1. The van der Waals surface area contributed by atoms with Gasteiger partial charge in [-0.25, -0.2) is 15.0 Å². The van der Waals surface area contributed by atoms with Crippen molar-refractivity contribution in [2.24, 2.45) is 0 Å². The zero-order chi connectivity index (χ0) is 21.8. The summed E-state index contributed by atoms with van der Waals surface area (Å²) in [5.74, 6) is 1.06. The predicted molar refractivity (Wildman–Crippen MR) is 118 cm³/mol. The van der Waals surface area contributed by atoms with Crippen LogP contribution < -0.4 is 9.64 Å². The highest BCUT2D eigenvalue weighted by Crippen LogP contribution is 2.37. The summed E-state index contributed by atoms with van der Waals surface area (Å²) in [6.45, 7) is 0.673. The molecule has 1 aliphatic heterocycles. The van der Waals surface area contributed by atoms with Crippen LogP contribution in [0.2, 0.25) is 0 Å². The highest BCUT2D eigenvalue weighted by Gasteiger charge is 2.32. The summed E-state index contributed by atoms with van der Waals surface area (Å²) < 4.78 is 5.12. The summed E-state index contributed by atoms with van der Waals surface area (Å²) in [5, 5.41) is 0. The molecule has 1 saturated heterocycles. The lowest BCUT2D eigenvalue weighted by Gasteiger charge is -2.36. The van der Waals surface area contributed by atoms with Gasteiger partial charge in [0, 0.05) is 57.1 Å². The number of nitrogens with zero attached hydrogens (tertiary/aromatic N) is 6. The molecule has 160 valence electrons. The van der Waals surface area contributed by atoms with Gasteiger partial charge in [0.2, 0.25) is 11.8 Å². The van der Waals surface area contributed by atoms with Crippen LogP contribution in [0.5, 0.6) is 5.88 Å². The molecule has 3 aromatic heterocycles. The van der Waals surface area contributed by atoms with Gasteiger partial charge < -0.3 is 14.5 Å². The van der Waals surface area contributed by atoms with Crippen LogP contribution in [-0.2, 0) is 0 Å². The number of rotatable bonds is 5. The van der Waals surface area contributed by atoms with E-state index in [0.717, 1.165) is 36.1 Å². The minimum Gasteiger partial charge on any atom is -0.481 e. The zero-order valence-electron chi connectivity index (χ0n) is 18.0. The molecule has 0 N–H and O–H groups in total. The van der Waals surface area contributed by atoms with E-state index in [-0.39, 0.29) is 11.9 Å². The molecule has 0 bridgehead atoms. The van der Waals surface area contributed by atoms with Crippen molar-refractivity contribution in [2.75, 3.05) is 32.6 Å². The Morgan fingerprint density at radius 1 is 1.10 bits per heavy atom.